The maximum absolute atomic E-state index is 11.3. The van der Waals surface area contributed by atoms with Crippen LogP contribution in [0.4, 0.5) is 0 Å². The van der Waals surface area contributed by atoms with Gasteiger partial charge in [0.1, 0.15) is 6.04 Å². The van der Waals surface area contributed by atoms with Gasteiger partial charge in [0, 0.05) is 13.6 Å². The number of carbonyl (C=O) groups excluding carboxylic acids is 1. The van der Waals surface area contributed by atoms with E-state index in [1.807, 2.05) is 6.92 Å². The Morgan fingerprint density at radius 2 is 2.29 bits per heavy atom. The number of nitrogens with zero attached hydrogens (tertiary/aromatic N) is 2. The maximum Gasteiger partial charge on any atom is 0.322 e. The van der Waals surface area contributed by atoms with Crippen molar-refractivity contribution in [1.29, 1.82) is 0 Å². The average Bonchev–Trinajstić information content (AvgIpc) is 2.11. The van der Waals surface area contributed by atoms with Crippen molar-refractivity contribution >= 4 is 11.9 Å². The van der Waals surface area contributed by atoms with Gasteiger partial charge in [-0.15, -0.1) is 0 Å². The standard InChI is InChI=1S/C9H16N2O3/c1-3-4-11-6-8(12)10(2)5-7(11)9(13)14/h7H,3-6H2,1-2H3,(H,13,14). The summed E-state index contributed by atoms with van der Waals surface area (Å²) in [4.78, 5) is 25.5. The van der Waals surface area contributed by atoms with Crippen LogP contribution in [0.5, 0.6) is 0 Å². The Morgan fingerprint density at radius 1 is 1.64 bits per heavy atom. The van der Waals surface area contributed by atoms with Gasteiger partial charge in [0.2, 0.25) is 5.91 Å². The lowest BCUT2D eigenvalue weighted by Gasteiger charge is -2.36. The molecule has 0 aromatic rings. The van der Waals surface area contributed by atoms with Crippen molar-refractivity contribution in [2.45, 2.75) is 19.4 Å². The molecule has 1 rings (SSSR count). The molecule has 1 atom stereocenters. The third kappa shape index (κ3) is 2.23. The average molecular weight is 200 g/mol. The van der Waals surface area contributed by atoms with Crippen molar-refractivity contribution in [3.05, 3.63) is 0 Å². The first-order valence-electron chi connectivity index (χ1n) is 4.77. The predicted molar refractivity (Wildman–Crippen MR) is 50.9 cm³/mol. The monoisotopic (exact) mass is 200 g/mol. The van der Waals surface area contributed by atoms with Crippen LogP contribution in [-0.4, -0.2) is 59.5 Å². The molecule has 1 amide bonds. The Hall–Kier alpha value is -1.10. The number of aliphatic carboxylic acids is 1. The lowest BCUT2D eigenvalue weighted by atomic mass is 10.1. The van der Waals surface area contributed by atoms with Crippen molar-refractivity contribution in [3.8, 4) is 0 Å². The molecule has 1 aliphatic rings. The van der Waals surface area contributed by atoms with Crippen LogP contribution in [-0.2, 0) is 9.59 Å². The second-order valence-electron chi connectivity index (χ2n) is 3.60. The van der Waals surface area contributed by atoms with Crippen molar-refractivity contribution < 1.29 is 14.7 Å². The Balaban J connectivity index is 2.69. The molecular formula is C9H16N2O3. The van der Waals surface area contributed by atoms with Crippen molar-refractivity contribution in [3.63, 3.8) is 0 Å². The van der Waals surface area contributed by atoms with Gasteiger partial charge in [-0.2, -0.15) is 0 Å². The van der Waals surface area contributed by atoms with Gasteiger partial charge in [-0.3, -0.25) is 14.5 Å². The quantitative estimate of drug-likeness (QED) is 0.675. The topological polar surface area (TPSA) is 60.9 Å². The van der Waals surface area contributed by atoms with E-state index >= 15 is 0 Å². The number of hydrogen-bond acceptors (Lipinski definition) is 3. The Labute approximate surface area is 83.3 Å². The van der Waals surface area contributed by atoms with Gasteiger partial charge >= 0.3 is 5.97 Å². The Kier molecular flexibility index (Phi) is 3.46. The van der Waals surface area contributed by atoms with Gasteiger partial charge < -0.3 is 10.0 Å². The summed E-state index contributed by atoms with van der Waals surface area (Å²) in [5, 5.41) is 8.96. The zero-order chi connectivity index (χ0) is 10.7. The summed E-state index contributed by atoms with van der Waals surface area (Å²) in [5.74, 6) is -0.853. The van der Waals surface area contributed by atoms with E-state index < -0.39 is 12.0 Å². The fourth-order valence-electron chi connectivity index (χ4n) is 1.64. The van der Waals surface area contributed by atoms with Gasteiger partial charge in [0.15, 0.2) is 0 Å². The predicted octanol–water partition coefficient (Wildman–Crippen LogP) is -0.376. The molecule has 1 unspecified atom stereocenters. The molecule has 0 saturated carbocycles. The van der Waals surface area contributed by atoms with E-state index in [-0.39, 0.29) is 19.0 Å². The molecule has 1 heterocycles. The largest absolute Gasteiger partial charge is 0.480 e. The minimum atomic E-state index is -0.849. The van der Waals surface area contributed by atoms with Crippen LogP contribution in [0.1, 0.15) is 13.3 Å². The minimum absolute atomic E-state index is 0.00375. The highest BCUT2D eigenvalue weighted by Gasteiger charge is 2.33. The molecule has 0 radical (unpaired) electrons. The number of rotatable bonds is 3. The fraction of sp³-hybridized carbons (Fsp3) is 0.778. The number of hydrogen-bond donors (Lipinski definition) is 1. The first kappa shape index (κ1) is 11.0. The van der Waals surface area contributed by atoms with Gasteiger partial charge in [0.05, 0.1) is 6.54 Å². The molecule has 5 nitrogen and oxygen atoms in total. The summed E-state index contributed by atoms with van der Waals surface area (Å²) in [6, 6.07) is -0.544. The molecule has 0 aromatic heterocycles. The normalized spacial score (nSPS) is 24.0. The minimum Gasteiger partial charge on any atom is -0.480 e. The highest BCUT2D eigenvalue weighted by Crippen LogP contribution is 2.10. The highest BCUT2D eigenvalue weighted by atomic mass is 16.4. The van der Waals surface area contributed by atoms with E-state index in [2.05, 4.69) is 0 Å². The van der Waals surface area contributed by atoms with Gasteiger partial charge in [-0.1, -0.05) is 6.92 Å². The fourth-order valence-corrected chi connectivity index (χ4v) is 1.64. The third-order valence-corrected chi connectivity index (χ3v) is 2.45. The Morgan fingerprint density at radius 3 is 2.79 bits per heavy atom. The number of carboxylic acids is 1. The highest BCUT2D eigenvalue weighted by molar-refractivity contribution is 5.83. The number of piperazine rings is 1. The molecule has 1 aliphatic heterocycles. The van der Waals surface area contributed by atoms with Gasteiger partial charge in [-0.05, 0) is 13.0 Å². The summed E-state index contributed by atoms with van der Waals surface area (Å²) in [5.41, 5.74) is 0. The summed E-state index contributed by atoms with van der Waals surface area (Å²) >= 11 is 0. The van der Waals surface area contributed by atoms with E-state index in [1.165, 1.54) is 4.90 Å². The van der Waals surface area contributed by atoms with Crippen molar-refractivity contribution in [2.24, 2.45) is 0 Å². The smallest absolute Gasteiger partial charge is 0.322 e. The van der Waals surface area contributed by atoms with Gasteiger partial charge in [-0.25, -0.2) is 0 Å². The summed E-state index contributed by atoms with van der Waals surface area (Å²) in [6.07, 6.45) is 0.862. The van der Waals surface area contributed by atoms with Crippen LogP contribution in [0.2, 0.25) is 0 Å². The zero-order valence-electron chi connectivity index (χ0n) is 8.56. The van der Waals surface area contributed by atoms with E-state index in [4.69, 9.17) is 5.11 Å². The Bertz CT molecular complexity index is 242. The van der Waals surface area contributed by atoms with Crippen LogP contribution in [0.3, 0.4) is 0 Å². The van der Waals surface area contributed by atoms with E-state index in [0.29, 0.717) is 6.54 Å². The van der Waals surface area contributed by atoms with Crippen molar-refractivity contribution in [2.75, 3.05) is 26.7 Å². The van der Waals surface area contributed by atoms with Crippen LogP contribution < -0.4 is 0 Å². The van der Waals surface area contributed by atoms with Crippen LogP contribution in [0, 0.1) is 0 Å². The van der Waals surface area contributed by atoms with Crippen LogP contribution in [0.15, 0.2) is 0 Å². The second kappa shape index (κ2) is 4.41. The zero-order valence-corrected chi connectivity index (χ0v) is 8.56. The lowest BCUT2D eigenvalue weighted by Crippen LogP contribution is -2.57. The third-order valence-electron chi connectivity index (χ3n) is 2.45. The molecular weight excluding hydrogens is 184 g/mol. The molecule has 14 heavy (non-hydrogen) atoms. The van der Waals surface area contributed by atoms with Crippen molar-refractivity contribution in [1.82, 2.24) is 9.80 Å². The SMILES string of the molecule is CCCN1CC(=O)N(C)CC1C(=O)O. The number of amides is 1. The molecule has 0 aliphatic carbocycles. The lowest BCUT2D eigenvalue weighted by molar-refractivity contribution is -0.150. The molecule has 5 heteroatoms. The van der Waals surface area contributed by atoms with E-state index in [9.17, 15) is 9.59 Å². The number of carbonyl (C=O) groups is 2. The second-order valence-corrected chi connectivity index (χ2v) is 3.60. The van der Waals surface area contributed by atoms with E-state index in [1.54, 1.807) is 11.9 Å². The summed E-state index contributed by atoms with van der Waals surface area (Å²) in [6.45, 7) is 3.15. The summed E-state index contributed by atoms with van der Waals surface area (Å²) < 4.78 is 0. The first-order valence-corrected chi connectivity index (χ1v) is 4.77. The van der Waals surface area contributed by atoms with Crippen LogP contribution in [0.25, 0.3) is 0 Å². The molecule has 0 bridgehead atoms. The molecule has 0 aromatic carbocycles. The van der Waals surface area contributed by atoms with Gasteiger partial charge in [0.25, 0.3) is 0 Å². The molecule has 0 spiro atoms. The molecule has 1 N–H and O–H groups in total. The molecule has 80 valence electrons. The maximum atomic E-state index is 11.3. The van der Waals surface area contributed by atoms with Crippen LogP contribution >= 0.6 is 0 Å². The molecule has 1 saturated heterocycles. The summed E-state index contributed by atoms with van der Waals surface area (Å²) in [7, 11) is 1.64. The van der Waals surface area contributed by atoms with E-state index in [0.717, 1.165) is 6.42 Å². The molecule has 1 fully saturated rings. The number of likely N-dealkylation sites (N-methyl/N-ethyl adjacent to an activating group) is 1. The number of carboxylic acid groups (broad SMARTS) is 1. The first-order chi connectivity index (χ1) is 6.56.